The summed E-state index contributed by atoms with van der Waals surface area (Å²) in [5.41, 5.74) is 0. The Balaban J connectivity index is 1.89. The summed E-state index contributed by atoms with van der Waals surface area (Å²) in [6.45, 7) is 1.51. The van der Waals surface area contributed by atoms with Gasteiger partial charge in [0.25, 0.3) is 0 Å². The van der Waals surface area contributed by atoms with E-state index in [1.807, 2.05) is 6.07 Å². The molecule has 21 heavy (non-hydrogen) atoms. The number of benzene rings is 1. The predicted molar refractivity (Wildman–Crippen MR) is 83.8 cm³/mol. The quantitative estimate of drug-likeness (QED) is 0.583. The summed E-state index contributed by atoms with van der Waals surface area (Å²) >= 11 is 0.340. The Labute approximate surface area is 132 Å². The fourth-order valence-corrected chi connectivity index (χ4v) is 5.22. The second kappa shape index (κ2) is 8.35. The summed E-state index contributed by atoms with van der Waals surface area (Å²) in [5, 5.41) is 0. The SMILES string of the molecule is CC(=O)CCC(=O)OC1CCCCC1[Se]c1ccccc1. The van der Waals surface area contributed by atoms with E-state index in [1.165, 1.54) is 17.8 Å². The molecule has 0 aliphatic heterocycles. The molecule has 0 saturated heterocycles. The van der Waals surface area contributed by atoms with E-state index in [1.54, 1.807) is 0 Å². The van der Waals surface area contributed by atoms with Crippen LogP contribution in [0.1, 0.15) is 45.4 Å². The van der Waals surface area contributed by atoms with Gasteiger partial charge in [-0.1, -0.05) is 0 Å². The molecule has 0 spiro atoms. The van der Waals surface area contributed by atoms with Crippen LogP contribution in [0.25, 0.3) is 0 Å². The van der Waals surface area contributed by atoms with Gasteiger partial charge in [0, 0.05) is 0 Å². The van der Waals surface area contributed by atoms with Crippen LogP contribution in [-0.4, -0.2) is 32.8 Å². The number of hydrogen-bond acceptors (Lipinski definition) is 3. The van der Waals surface area contributed by atoms with E-state index in [4.69, 9.17) is 4.74 Å². The molecule has 0 amide bonds. The van der Waals surface area contributed by atoms with Gasteiger partial charge in [-0.2, -0.15) is 0 Å². The Morgan fingerprint density at radius 1 is 1.14 bits per heavy atom. The number of ketones is 1. The molecule has 0 N–H and O–H groups in total. The Morgan fingerprint density at radius 2 is 1.86 bits per heavy atom. The second-order valence-corrected chi connectivity index (χ2v) is 8.24. The summed E-state index contributed by atoms with van der Waals surface area (Å²) in [6, 6.07) is 10.5. The normalized spacial score (nSPS) is 21.8. The zero-order valence-electron chi connectivity index (χ0n) is 12.4. The first-order valence-corrected chi connectivity index (χ1v) is 9.40. The van der Waals surface area contributed by atoms with E-state index >= 15 is 0 Å². The number of carbonyl (C=O) groups is 2. The van der Waals surface area contributed by atoms with Crippen molar-refractivity contribution >= 4 is 31.2 Å². The van der Waals surface area contributed by atoms with Crippen molar-refractivity contribution in [3.63, 3.8) is 0 Å². The average Bonchev–Trinajstić information content (AvgIpc) is 2.48. The molecule has 1 saturated carbocycles. The Kier molecular flexibility index (Phi) is 6.47. The molecule has 3 nitrogen and oxygen atoms in total. The van der Waals surface area contributed by atoms with Gasteiger partial charge in [0.15, 0.2) is 0 Å². The molecule has 2 atom stereocenters. The molecule has 1 aromatic rings. The van der Waals surface area contributed by atoms with Crippen LogP contribution >= 0.6 is 0 Å². The van der Waals surface area contributed by atoms with Crippen molar-refractivity contribution in [3.05, 3.63) is 30.3 Å². The molecule has 0 bridgehead atoms. The number of Topliss-reactive ketones (excluding diaryl/α,β-unsaturated/α-hetero) is 1. The summed E-state index contributed by atoms with van der Waals surface area (Å²) < 4.78 is 7.01. The van der Waals surface area contributed by atoms with Crippen LogP contribution in [0.15, 0.2) is 30.3 Å². The maximum absolute atomic E-state index is 11.8. The van der Waals surface area contributed by atoms with Gasteiger partial charge < -0.3 is 0 Å². The number of carbonyl (C=O) groups excluding carboxylic acids is 2. The Bertz CT molecular complexity index is 472. The number of esters is 1. The van der Waals surface area contributed by atoms with E-state index in [9.17, 15) is 9.59 Å². The zero-order valence-corrected chi connectivity index (χ0v) is 14.1. The fourth-order valence-electron chi connectivity index (χ4n) is 2.51. The third-order valence-electron chi connectivity index (χ3n) is 3.64. The molecule has 0 radical (unpaired) electrons. The van der Waals surface area contributed by atoms with Crippen LogP contribution in [0.5, 0.6) is 0 Å². The van der Waals surface area contributed by atoms with E-state index in [-0.39, 0.29) is 24.3 Å². The first-order valence-electron chi connectivity index (χ1n) is 7.56. The molecule has 1 aliphatic rings. The van der Waals surface area contributed by atoms with Crippen LogP contribution in [0, 0.1) is 0 Å². The van der Waals surface area contributed by atoms with Crippen molar-refractivity contribution < 1.29 is 14.3 Å². The molecule has 114 valence electrons. The Hall–Kier alpha value is -1.12. The minimum absolute atomic E-state index is 0.0402. The number of ether oxygens (including phenoxy) is 1. The van der Waals surface area contributed by atoms with E-state index in [0.29, 0.717) is 26.2 Å². The summed E-state index contributed by atoms with van der Waals surface area (Å²) in [4.78, 5) is 23.3. The van der Waals surface area contributed by atoms with Crippen molar-refractivity contribution in [1.29, 1.82) is 0 Å². The molecule has 1 aromatic carbocycles. The van der Waals surface area contributed by atoms with Crippen molar-refractivity contribution in [2.24, 2.45) is 0 Å². The van der Waals surface area contributed by atoms with E-state index < -0.39 is 0 Å². The first kappa shape index (κ1) is 16.3. The van der Waals surface area contributed by atoms with Crippen LogP contribution in [0.2, 0.25) is 4.82 Å². The van der Waals surface area contributed by atoms with Crippen molar-refractivity contribution in [3.8, 4) is 0 Å². The van der Waals surface area contributed by atoms with Gasteiger partial charge in [-0.3, -0.25) is 0 Å². The zero-order chi connectivity index (χ0) is 15.1. The summed E-state index contributed by atoms with van der Waals surface area (Å²) in [6.07, 6.45) is 5.01. The molecule has 4 heteroatoms. The third kappa shape index (κ3) is 5.64. The molecular weight excluding hydrogens is 331 g/mol. The van der Waals surface area contributed by atoms with Gasteiger partial charge in [0.05, 0.1) is 0 Å². The van der Waals surface area contributed by atoms with E-state index in [2.05, 4.69) is 24.3 Å². The van der Waals surface area contributed by atoms with Crippen LogP contribution < -0.4 is 4.46 Å². The first-order chi connectivity index (χ1) is 10.1. The van der Waals surface area contributed by atoms with Gasteiger partial charge in [-0.05, 0) is 0 Å². The third-order valence-corrected chi connectivity index (χ3v) is 6.55. The summed E-state index contributed by atoms with van der Waals surface area (Å²) in [5.74, 6) is -0.174. The summed E-state index contributed by atoms with van der Waals surface area (Å²) in [7, 11) is 0. The molecule has 0 heterocycles. The average molecular weight is 353 g/mol. The van der Waals surface area contributed by atoms with Crippen molar-refractivity contribution in [1.82, 2.24) is 0 Å². The Morgan fingerprint density at radius 3 is 2.57 bits per heavy atom. The van der Waals surface area contributed by atoms with Crippen molar-refractivity contribution in [2.75, 3.05) is 0 Å². The standard InChI is InChI=1S/C17H22O3Se/c1-13(18)11-12-17(19)20-15-9-5-6-10-16(15)21-14-7-3-2-4-8-14/h2-4,7-8,15-16H,5-6,9-12H2,1H3. The minimum atomic E-state index is -0.217. The number of hydrogen-bond donors (Lipinski definition) is 0. The molecule has 0 aromatic heterocycles. The topological polar surface area (TPSA) is 43.4 Å². The van der Waals surface area contributed by atoms with Gasteiger partial charge in [-0.25, -0.2) is 0 Å². The van der Waals surface area contributed by atoms with E-state index in [0.717, 1.165) is 19.3 Å². The van der Waals surface area contributed by atoms with Crippen LogP contribution in [-0.2, 0) is 14.3 Å². The predicted octanol–water partition coefficient (Wildman–Crippen LogP) is 2.66. The van der Waals surface area contributed by atoms with Crippen LogP contribution in [0.3, 0.4) is 0 Å². The second-order valence-electron chi connectivity index (χ2n) is 5.48. The van der Waals surface area contributed by atoms with Crippen molar-refractivity contribution in [2.45, 2.75) is 56.4 Å². The maximum atomic E-state index is 11.8. The molecule has 1 aliphatic carbocycles. The van der Waals surface area contributed by atoms with Gasteiger partial charge >= 0.3 is 132 Å². The molecule has 2 unspecified atom stereocenters. The van der Waals surface area contributed by atoms with Gasteiger partial charge in [-0.15, -0.1) is 0 Å². The monoisotopic (exact) mass is 354 g/mol. The van der Waals surface area contributed by atoms with Gasteiger partial charge in [0.2, 0.25) is 0 Å². The molecule has 2 rings (SSSR count). The molecular formula is C17H22O3Se. The number of rotatable bonds is 6. The fraction of sp³-hybridized carbons (Fsp3) is 0.529. The van der Waals surface area contributed by atoms with Crippen LogP contribution in [0.4, 0.5) is 0 Å². The molecule has 1 fully saturated rings. The van der Waals surface area contributed by atoms with Gasteiger partial charge in [0.1, 0.15) is 0 Å².